The number of hydrogen-bond donors (Lipinski definition) is 4. The zero-order valence-electron chi connectivity index (χ0n) is 17.1. The quantitative estimate of drug-likeness (QED) is 0.344. The molecule has 0 saturated carbocycles. The summed E-state index contributed by atoms with van der Waals surface area (Å²) in [6, 6.07) is 10.3. The van der Waals surface area contributed by atoms with Crippen molar-refractivity contribution in [2.45, 2.75) is 22.6 Å². The molecule has 1 aliphatic rings. The Balaban J connectivity index is 1.55. The van der Waals surface area contributed by atoms with E-state index in [0.717, 1.165) is 4.21 Å². The molecule has 10 heteroatoms. The van der Waals surface area contributed by atoms with Crippen molar-refractivity contribution in [2.24, 2.45) is 0 Å². The number of nitrogens with one attached hydrogen (secondary N) is 4. The molecule has 0 atom stereocenters. The van der Waals surface area contributed by atoms with Crippen molar-refractivity contribution in [3.8, 4) is 0 Å². The largest absolute Gasteiger partial charge is 0.352 e. The molecule has 0 spiro atoms. The van der Waals surface area contributed by atoms with E-state index < -0.39 is 5.54 Å². The minimum atomic E-state index is -0.966. The number of thioether (sulfide) groups is 1. The normalized spacial score (nSPS) is 15.2. The van der Waals surface area contributed by atoms with Gasteiger partial charge >= 0.3 is 0 Å². The molecule has 0 bridgehead atoms. The fourth-order valence-electron chi connectivity index (χ4n) is 3.32. The highest BCUT2D eigenvalue weighted by atomic mass is 35.5. The Morgan fingerprint density at radius 2 is 1.71 bits per heavy atom. The van der Waals surface area contributed by atoms with Gasteiger partial charge in [-0.1, -0.05) is 11.6 Å². The fraction of sp³-hybridized carbons (Fsp3) is 0.381. The second kappa shape index (κ2) is 11.0. The summed E-state index contributed by atoms with van der Waals surface area (Å²) >= 11 is 8.83. The minimum Gasteiger partial charge on any atom is -0.352 e. The Morgan fingerprint density at radius 3 is 2.35 bits per heavy atom. The molecule has 1 aromatic heterocycles. The number of carbonyl (C=O) groups is 3. The van der Waals surface area contributed by atoms with Crippen molar-refractivity contribution in [1.82, 2.24) is 21.3 Å². The summed E-state index contributed by atoms with van der Waals surface area (Å²) in [5.74, 6) is -0.707. The summed E-state index contributed by atoms with van der Waals surface area (Å²) in [7, 11) is 0. The van der Waals surface area contributed by atoms with Crippen LogP contribution in [0.5, 0.6) is 0 Å². The number of benzene rings is 1. The zero-order valence-corrected chi connectivity index (χ0v) is 19.5. The second-order valence-electron chi connectivity index (χ2n) is 7.13. The smallest absolute Gasteiger partial charge is 0.262 e. The van der Waals surface area contributed by atoms with Crippen LogP contribution in [0.1, 0.15) is 32.9 Å². The lowest BCUT2D eigenvalue weighted by Crippen LogP contribution is -2.63. The van der Waals surface area contributed by atoms with E-state index in [1.165, 1.54) is 11.3 Å². The van der Waals surface area contributed by atoms with Gasteiger partial charge in [0.15, 0.2) is 0 Å². The van der Waals surface area contributed by atoms with Crippen molar-refractivity contribution in [3.63, 3.8) is 0 Å². The lowest BCUT2D eigenvalue weighted by molar-refractivity contribution is -0.128. The SMILES string of the molecule is CSc1ccc(C(=O)NC2(C(=O)NCCNC(=O)c3ccc(Cl)cc3)CCNCC2)s1. The van der Waals surface area contributed by atoms with E-state index in [-0.39, 0.29) is 30.8 Å². The standard InChI is InChI=1S/C21H25ClN4O3S2/c1-30-17-7-6-16(31-17)19(28)26-21(8-10-23-11-9-21)20(29)25-13-12-24-18(27)14-2-4-15(22)5-3-14/h2-7,23H,8-13H2,1H3,(H,24,27)(H,25,29)(H,26,28). The average Bonchev–Trinajstić information content (AvgIpc) is 3.27. The van der Waals surface area contributed by atoms with Gasteiger partial charge in [-0.15, -0.1) is 23.1 Å². The van der Waals surface area contributed by atoms with E-state index in [1.54, 1.807) is 42.1 Å². The van der Waals surface area contributed by atoms with E-state index >= 15 is 0 Å². The molecular weight excluding hydrogens is 456 g/mol. The van der Waals surface area contributed by atoms with Gasteiger partial charge in [-0.3, -0.25) is 14.4 Å². The van der Waals surface area contributed by atoms with E-state index in [0.29, 0.717) is 41.4 Å². The van der Waals surface area contributed by atoms with Gasteiger partial charge in [0.1, 0.15) is 5.54 Å². The van der Waals surface area contributed by atoms with Crippen molar-refractivity contribution in [3.05, 3.63) is 51.9 Å². The third kappa shape index (κ3) is 6.22. The average molecular weight is 481 g/mol. The van der Waals surface area contributed by atoms with Gasteiger partial charge in [0.2, 0.25) is 5.91 Å². The second-order valence-corrected chi connectivity index (χ2v) is 9.75. The number of carbonyl (C=O) groups excluding carboxylic acids is 3. The number of amides is 3. The predicted molar refractivity (Wildman–Crippen MR) is 125 cm³/mol. The number of rotatable bonds is 8. The molecule has 1 aliphatic heterocycles. The van der Waals surface area contributed by atoms with Crippen LogP contribution in [0.15, 0.2) is 40.6 Å². The van der Waals surface area contributed by atoms with E-state index in [1.807, 2.05) is 12.3 Å². The summed E-state index contributed by atoms with van der Waals surface area (Å²) in [6.07, 6.45) is 2.96. The highest BCUT2D eigenvalue weighted by Crippen LogP contribution is 2.26. The summed E-state index contributed by atoms with van der Waals surface area (Å²) in [5, 5.41) is 12.4. The Morgan fingerprint density at radius 1 is 1.03 bits per heavy atom. The maximum Gasteiger partial charge on any atom is 0.262 e. The van der Waals surface area contributed by atoms with Crippen LogP contribution in [0.2, 0.25) is 5.02 Å². The van der Waals surface area contributed by atoms with Crippen LogP contribution in [0.3, 0.4) is 0 Å². The third-order valence-electron chi connectivity index (χ3n) is 5.05. The molecule has 1 fully saturated rings. The van der Waals surface area contributed by atoms with Gasteiger partial charge in [0, 0.05) is 23.7 Å². The highest BCUT2D eigenvalue weighted by Gasteiger charge is 2.41. The molecular formula is C21H25ClN4O3S2. The molecule has 166 valence electrons. The van der Waals surface area contributed by atoms with Crippen LogP contribution in [0, 0.1) is 0 Å². The summed E-state index contributed by atoms with van der Waals surface area (Å²) in [6.45, 7) is 1.82. The number of halogens is 1. The maximum atomic E-state index is 13.0. The molecule has 3 amide bonds. The van der Waals surface area contributed by atoms with Crippen molar-refractivity contribution in [2.75, 3.05) is 32.4 Å². The van der Waals surface area contributed by atoms with Crippen LogP contribution < -0.4 is 21.3 Å². The van der Waals surface area contributed by atoms with Gasteiger partial charge in [-0.25, -0.2) is 0 Å². The Labute approximate surface area is 194 Å². The summed E-state index contributed by atoms with van der Waals surface area (Å²) < 4.78 is 1.05. The lowest BCUT2D eigenvalue weighted by Gasteiger charge is -2.36. The molecule has 0 radical (unpaired) electrons. The molecule has 7 nitrogen and oxygen atoms in total. The molecule has 4 N–H and O–H groups in total. The highest BCUT2D eigenvalue weighted by molar-refractivity contribution is 8.00. The Bertz CT molecular complexity index is 927. The fourth-order valence-corrected chi connectivity index (χ4v) is 4.88. The van der Waals surface area contributed by atoms with E-state index in [4.69, 9.17) is 11.6 Å². The summed E-state index contributed by atoms with van der Waals surface area (Å²) in [4.78, 5) is 38.5. The maximum absolute atomic E-state index is 13.0. The van der Waals surface area contributed by atoms with Crippen LogP contribution in [0.4, 0.5) is 0 Å². The first-order valence-electron chi connectivity index (χ1n) is 9.93. The molecule has 0 aliphatic carbocycles. The van der Waals surface area contributed by atoms with Crippen molar-refractivity contribution in [1.29, 1.82) is 0 Å². The van der Waals surface area contributed by atoms with E-state index in [9.17, 15) is 14.4 Å². The van der Waals surface area contributed by atoms with Crippen LogP contribution in [-0.4, -0.2) is 55.7 Å². The van der Waals surface area contributed by atoms with Crippen molar-refractivity contribution < 1.29 is 14.4 Å². The van der Waals surface area contributed by atoms with Crippen LogP contribution in [0.25, 0.3) is 0 Å². The number of thiophene rings is 1. The van der Waals surface area contributed by atoms with Crippen molar-refractivity contribution >= 4 is 52.4 Å². The molecule has 1 saturated heterocycles. The first kappa shape index (κ1) is 23.6. The Hall–Kier alpha value is -2.07. The predicted octanol–water partition coefficient (Wildman–Crippen LogP) is 2.52. The first-order valence-corrected chi connectivity index (χ1v) is 12.3. The molecule has 0 unspecified atom stereocenters. The van der Waals surface area contributed by atoms with E-state index in [2.05, 4.69) is 21.3 Å². The zero-order chi connectivity index (χ0) is 22.3. The molecule has 31 heavy (non-hydrogen) atoms. The number of piperidine rings is 1. The van der Waals surface area contributed by atoms with Crippen LogP contribution >= 0.6 is 34.7 Å². The van der Waals surface area contributed by atoms with Crippen LogP contribution in [-0.2, 0) is 4.79 Å². The first-order chi connectivity index (χ1) is 14.9. The third-order valence-corrected chi connectivity index (χ3v) is 7.47. The molecule has 2 aromatic rings. The van der Waals surface area contributed by atoms with Gasteiger partial charge in [-0.2, -0.15) is 0 Å². The number of hydrogen-bond acceptors (Lipinski definition) is 6. The van der Waals surface area contributed by atoms with Gasteiger partial charge in [0.05, 0.1) is 9.09 Å². The van der Waals surface area contributed by atoms with Gasteiger partial charge in [-0.05, 0) is 68.6 Å². The monoisotopic (exact) mass is 480 g/mol. The molecule has 1 aromatic carbocycles. The molecule has 3 rings (SSSR count). The lowest BCUT2D eigenvalue weighted by atomic mass is 9.87. The minimum absolute atomic E-state index is 0.232. The topological polar surface area (TPSA) is 99.3 Å². The van der Waals surface area contributed by atoms with Gasteiger partial charge < -0.3 is 21.3 Å². The van der Waals surface area contributed by atoms with Gasteiger partial charge in [0.25, 0.3) is 11.8 Å². The summed E-state index contributed by atoms with van der Waals surface area (Å²) in [5.41, 5.74) is -0.468. The molecule has 2 heterocycles. The Kier molecular flexibility index (Phi) is 8.36.